The molecule has 0 radical (unpaired) electrons. The zero-order chi connectivity index (χ0) is 5.33. The maximum atomic E-state index is 10.4. The molecule has 0 aliphatic carbocycles. The first-order valence-corrected chi connectivity index (χ1v) is 5.23. The molecule has 0 bridgehead atoms. The highest BCUT2D eigenvalue weighted by atomic mass is 33.1. The molecule has 0 aromatic heterocycles. The lowest BCUT2D eigenvalue weighted by Gasteiger charge is -1.80. The Kier molecular flexibility index (Phi) is 1.30. The van der Waals surface area contributed by atoms with Crippen LogP contribution in [0, 0.1) is 0 Å². The van der Waals surface area contributed by atoms with Gasteiger partial charge in [-0.15, -0.1) is 0 Å². The van der Waals surface area contributed by atoms with E-state index in [1.54, 1.807) is 0 Å². The van der Waals surface area contributed by atoms with E-state index in [1.807, 2.05) is 0 Å². The summed E-state index contributed by atoms with van der Waals surface area (Å²) in [5.74, 6) is 1.18. The molecule has 1 rings (SSSR count). The van der Waals surface area contributed by atoms with Crippen LogP contribution in [0.4, 0.5) is 0 Å². The van der Waals surface area contributed by atoms with Crippen LogP contribution in [-0.2, 0) is 8.87 Å². The fourth-order valence-electron chi connectivity index (χ4n) is 0.481. The number of hydrogen-bond donors (Lipinski definition) is 0. The summed E-state index contributed by atoms with van der Waals surface area (Å²) in [5.41, 5.74) is 0. The van der Waals surface area contributed by atoms with Crippen LogP contribution in [0.2, 0.25) is 0 Å². The Balaban J connectivity index is 2.76. The smallest absolute Gasteiger partial charge is 0.201 e. The second-order valence-electron chi connectivity index (χ2n) is 1.44. The molecule has 2 nitrogen and oxygen atoms in total. The van der Waals surface area contributed by atoms with Crippen LogP contribution >= 0.6 is 10.8 Å². The van der Waals surface area contributed by atoms with E-state index in [0.29, 0.717) is 5.75 Å². The van der Waals surface area contributed by atoms with E-state index >= 15 is 0 Å². The second-order valence-corrected chi connectivity index (χ2v) is 5.84. The molecule has 0 amide bonds. The van der Waals surface area contributed by atoms with E-state index in [0.717, 1.165) is 23.0 Å². The van der Waals surface area contributed by atoms with Crippen molar-refractivity contribution in [1.29, 1.82) is 0 Å². The first-order valence-electron chi connectivity index (χ1n) is 2.08. The van der Waals surface area contributed by atoms with Crippen molar-refractivity contribution in [3.8, 4) is 0 Å². The Morgan fingerprint density at radius 1 is 1.43 bits per heavy atom. The summed E-state index contributed by atoms with van der Waals surface area (Å²) in [6.45, 7) is 0. The summed E-state index contributed by atoms with van der Waals surface area (Å²) in [7, 11) is -1.56. The normalized spacial score (nSPS) is 28.0. The Morgan fingerprint density at radius 3 is 2.29 bits per heavy atom. The monoisotopic (exact) mass is 138 g/mol. The van der Waals surface area contributed by atoms with Gasteiger partial charge >= 0.3 is 0 Å². The quantitative estimate of drug-likeness (QED) is 0.456. The number of rotatable bonds is 0. The lowest BCUT2D eigenvalue weighted by molar-refractivity contribution is 0.611. The van der Waals surface area contributed by atoms with E-state index in [-0.39, 0.29) is 0 Å². The van der Waals surface area contributed by atoms with Gasteiger partial charge in [-0.1, -0.05) is 0 Å². The van der Waals surface area contributed by atoms with Crippen LogP contribution in [0.1, 0.15) is 6.42 Å². The zero-order valence-corrected chi connectivity index (χ0v) is 5.39. The molecule has 0 aromatic rings. The Hall–Kier alpha value is 0.300. The molecule has 4 heteroatoms. The molecule has 1 heterocycles. The Bertz CT molecular complexity index is 134. The third kappa shape index (κ3) is 1.35. The molecule has 42 valence electrons. The van der Waals surface area contributed by atoms with Crippen molar-refractivity contribution < 1.29 is 8.42 Å². The maximum absolute atomic E-state index is 10.4. The van der Waals surface area contributed by atoms with Gasteiger partial charge in [0.25, 0.3) is 0 Å². The molecule has 1 aliphatic heterocycles. The van der Waals surface area contributed by atoms with Crippen molar-refractivity contribution >= 4 is 19.7 Å². The standard InChI is InChI=1S/C3H6O2S2/c4-7(5)3-1-2-6-7/h1-3H2. The molecule has 1 saturated heterocycles. The summed E-state index contributed by atoms with van der Waals surface area (Å²) in [6.07, 6.45) is 0.840. The van der Waals surface area contributed by atoms with Crippen molar-refractivity contribution in [3.63, 3.8) is 0 Å². The molecule has 1 aliphatic rings. The van der Waals surface area contributed by atoms with Crippen LogP contribution in [0.3, 0.4) is 0 Å². The van der Waals surface area contributed by atoms with Gasteiger partial charge in [-0.25, -0.2) is 8.42 Å². The van der Waals surface area contributed by atoms with Gasteiger partial charge in [0, 0.05) is 5.75 Å². The minimum Gasteiger partial charge on any atom is -0.217 e. The average molecular weight is 138 g/mol. The summed E-state index contributed by atoms with van der Waals surface area (Å²) in [5, 5.41) is 0. The molecule has 0 saturated carbocycles. The van der Waals surface area contributed by atoms with Crippen molar-refractivity contribution in [2.24, 2.45) is 0 Å². The van der Waals surface area contributed by atoms with Crippen LogP contribution in [0.25, 0.3) is 0 Å². The molecular formula is C3H6O2S2. The van der Waals surface area contributed by atoms with E-state index in [1.165, 1.54) is 0 Å². The van der Waals surface area contributed by atoms with Gasteiger partial charge in [0.05, 0.1) is 5.75 Å². The lowest BCUT2D eigenvalue weighted by Crippen LogP contribution is -1.88. The molecule has 0 aromatic carbocycles. The highest BCUT2D eigenvalue weighted by Gasteiger charge is 2.17. The highest BCUT2D eigenvalue weighted by Crippen LogP contribution is 2.22. The summed E-state index contributed by atoms with van der Waals surface area (Å²) < 4.78 is 20.8. The minimum atomic E-state index is -2.63. The van der Waals surface area contributed by atoms with E-state index < -0.39 is 8.87 Å². The molecule has 0 N–H and O–H groups in total. The van der Waals surface area contributed by atoms with Crippen molar-refractivity contribution in [2.45, 2.75) is 6.42 Å². The fraction of sp³-hybridized carbons (Fsp3) is 1.00. The van der Waals surface area contributed by atoms with Gasteiger partial charge < -0.3 is 0 Å². The van der Waals surface area contributed by atoms with E-state index in [4.69, 9.17) is 0 Å². The van der Waals surface area contributed by atoms with Crippen molar-refractivity contribution in [2.75, 3.05) is 11.5 Å². The molecule has 0 unspecified atom stereocenters. The van der Waals surface area contributed by atoms with Gasteiger partial charge in [-0.05, 0) is 17.2 Å². The third-order valence-corrected chi connectivity index (χ3v) is 4.48. The Morgan fingerprint density at radius 2 is 2.14 bits per heavy atom. The van der Waals surface area contributed by atoms with Crippen molar-refractivity contribution in [3.05, 3.63) is 0 Å². The molecule has 1 fully saturated rings. The fourth-order valence-corrected chi connectivity index (χ4v) is 3.62. The summed E-state index contributed by atoms with van der Waals surface area (Å²) in [6, 6.07) is 0. The molecule has 0 spiro atoms. The van der Waals surface area contributed by atoms with Gasteiger partial charge in [0.2, 0.25) is 8.87 Å². The predicted molar refractivity (Wildman–Crippen MR) is 30.9 cm³/mol. The summed E-state index contributed by atoms with van der Waals surface area (Å²) in [4.78, 5) is 0. The van der Waals surface area contributed by atoms with E-state index in [2.05, 4.69) is 0 Å². The molecule has 0 atom stereocenters. The predicted octanol–water partition coefficient (Wildman–Crippen LogP) is 0.453. The first-order chi connectivity index (χ1) is 3.21. The van der Waals surface area contributed by atoms with Crippen LogP contribution in [0.5, 0.6) is 0 Å². The van der Waals surface area contributed by atoms with Crippen LogP contribution in [-0.4, -0.2) is 19.9 Å². The van der Waals surface area contributed by atoms with Gasteiger partial charge in [-0.2, -0.15) is 0 Å². The first kappa shape index (κ1) is 5.44. The Labute approximate surface area is 46.6 Å². The SMILES string of the molecule is O=S1(=O)CCCS1. The van der Waals surface area contributed by atoms with Crippen LogP contribution in [0.15, 0.2) is 0 Å². The zero-order valence-electron chi connectivity index (χ0n) is 3.75. The number of hydrogen-bond acceptors (Lipinski definition) is 3. The topological polar surface area (TPSA) is 34.1 Å². The van der Waals surface area contributed by atoms with Gasteiger partial charge in [0.15, 0.2) is 0 Å². The average Bonchev–Trinajstić information content (AvgIpc) is 1.84. The molecular weight excluding hydrogens is 132 g/mol. The second kappa shape index (κ2) is 1.67. The molecule has 7 heavy (non-hydrogen) atoms. The summed E-state index contributed by atoms with van der Waals surface area (Å²) >= 11 is 0. The van der Waals surface area contributed by atoms with E-state index in [9.17, 15) is 8.42 Å². The third-order valence-electron chi connectivity index (χ3n) is 0.802. The largest absolute Gasteiger partial charge is 0.217 e. The minimum absolute atomic E-state index is 0.387. The lowest BCUT2D eigenvalue weighted by atomic mass is 10.6. The van der Waals surface area contributed by atoms with Gasteiger partial charge in [-0.3, -0.25) is 0 Å². The highest BCUT2D eigenvalue weighted by molar-refractivity contribution is 8.72. The van der Waals surface area contributed by atoms with Crippen molar-refractivity contribution in [1.82, 2.24) is 0 Å². The van der Waals surface area contributed by atoms with Crippen LogP contribution < -0.4 is 0 Å². The van der Waals surface area contributed by atoms with Gasteiger partial charge in [0.1, 0.15) is 0 Å². The maximum Gasteiger partial charge on any atom is 0.201 e.